The SMILES string of the molecule is CCCCCC[Si](C)(O)[Si](C)(O[Si](C)(OC)O[Si](C)(C)O[Si](O)(OC)OC)c1ccccc1. The highest BCUT2D eigenvalue weighted by atomic mass is 29.3. The first-order chi connectivity index (χ1) is 15.2. The Bertz CT molecular complexity index is 707. The van der Waals surface area contributed by atoms with Gasteiger partial charge in [-0.2, -0.15) is 0 Å². The van der Waals surface area contributed by atoms with Gasteiger partial charge in [-0.3, -0.25) is 0 Å². The lowest BCUT2D eigenvalue weighted by molar-refractivity contribution is 0.0578. The van der Waals surface area contributed by atoms with Crippen molar-refractivity contribution >= 4 is 47.3 Å². The van der Waals surface area contributed by atoms with Crippen LogP contribution in [0.2, 0.25) is 38.8 Å². The van der Waals surface area contributed by atoms with Crippen molar-refractivity contribution in [2.24, 2.45) is 0 Å². The molecule has 0 bridgehead atoms. The maximum atomic E-state index is 11.9. The molecule has 1 aromatic rings. The van der Waals surface area contributed by atoms with E-state index in [9.17, 15) is 9.59 Å². The van der Waals surface area contributed by atoms with Crippen molar-refractivity contribution < 1.29 is 35.2 Å². The van der Waals surface area contributed by atoms with E-state index in [1.807, 2.05) is 43.4 Å². The molecule has 0 saturated carbocycles. The number of hydrogen-bond donors (Lipinski definition) is 2. The smallest absolute Gasteiger partial charge is 0.431 e. The summed E-state index contributed by atoms with van der Waals surface area (Å²) >= 11 is 0. The molecular weight excluding hydrogens is 509 g/mol. The molecule has 1 aromatic carbocycles. The maximum absolute atomic E-state index is 11.9. The Balaban J connectivity index is 3.27. The summed E-state index contributed by atoms with van der Waals surface area (Å²) < 4.78 is 35.1. The summed E-state index contributed by atoms with van der Waals surface area (Å²) in [6, 6.07) is 10.7. The molecule has 0 aromatic heterocycles. The quantitative estimate of drug-likeness (QED) is 0.238. The topological polar surface area (TPSA) is 95.8 Å². The summed E-state index contributed by atoms with van der Waals surface area (Å²) in [7, 11) is -11.6. The average molecular weight is 553 g/mol. The molecule has 3 atom stereocenters. The van der Waals surface area contributed by atoms with Crippen molar-refractivity contribution in [3.05, 3.63) is 30.3 Å². The first-order valence-electron chi connectivity index (χ1n) is 11.5. The second-order valence-electron chi connectivity index (χ2n) is 9.19. The predicted molar refractivity (Wildman–Crippen MR) is 142 cm³/mol. The molecule has 192 valence electrons. The summed E-state index contributed by atoms with van der Waals surface area (Å²) in [4.78, 5) is 22.4. The minimum atomic E-state index is -3.81. The first-order valence-corrected chi connectivity index (χ1v) is 24.3. The van der Waals surface area contributed by atoms with Crippen LogP contribution in [0.15, 0.2) is 30.3 Å². The molecule has 0 spiro atoms. The summed E-state index contributed by atoms with van der Waals surface area (Å²) in [5.41, 5.74) is 0. The van der Waals surface area contributed by atoms with E-state index in [0.717, 1.165) is 36.9 Å². The van der Waals surface area contributed by atoms with Crippen LogP contribution in [-0.2, 0) is 25.6 Å². The maximum Gasteiger partial charge on any atom is 0.667 e. The minimum Gasteiger partial charge on any atom is -0.431 e. The first kappa shape index (κ1) is 31.0. The highest BCUT2D eigenvalue weighted by molar-refractivity contribution is 7.42. The fraction of sp³-hybridized carbons (Fsp3) is 0.700. The third-order valence-corrected chi connectivity index (χ3v) is 30.8. The molecule has 0 heterocycles. The molecule has 2 N–H and O–H groups in total. The van der Waals surface area contributed by atoms with E-state index >= 15 is 0 Å². The standard InChI is InChI=1S/C20H44O8Si5/c1-10-11-12-16-19-30(7,21)31(8,20-17-14-13-15-18-20)28-32(9,23-2)26-29(5,6)27-33(22,24-3)25-4/h13-15,17-18,21-22H,10-12,16,19H2,1-9H3. The molecule has 0 amide bonds. The normalized spacial score (nSPS) is 18.4. The Hall–Kier alpha value is -0.0156. The van der Waals surface area contributed by atoms with E-state index in [2.05, 4.69) is 13.5 Å². The Morgan fingerprint density at radius 1 is 0.727 bits per heavy atom. The van der Waals surface area contributed by atoms with Crippen LogP contribution in [0, 0.1) is 0 Å². The van der Waals surface area contributed by atoms with Crippen molar-refractivity contribution in [2.45, 2.75) is 71.4 Å². The van der Waals surface area contributed by atoms with Crippen LogP contribution in [0.5, 0.6) is 0 Å². The molecule has 8 nitrogen and oxygen atoms in total. The molecular formula is C20H44O8Si5. The number of benzene rings is 1. The lowest BCUT2D eigenvalue weighted by Crippen LogP contribution is -2.73. The monoisotopic (exact) mass is 552 g/mol. The van der Waals surface area contributed by atoms with Gasteiger partial charge < -0.3 is 35.2 Å². The zero-order valence-corrected chi connectivity index (χ0v) is 26.8. The summed E-state index contributed by atoms with van der Waals surface area (Å²) in [6.07, 6.45) is 4.38. The van der Waals surface area contributed by atoms with Crippen molar-refractivity contribution in [2.75, 3.05) is 21.3 Å². The van der Waals surface area contributed by atoms with Crippen LogP contribution in [0.3, 0.4) is 0 Å². The van der Waals surface area contributed by atoms with Gasteiger partial charge in [-0.1, -0.05) is 62.9 Å². The fourth-order valence-electron chi connectivity index (χ4n) is 3.79. The van der Waals surface area contributed by atoms with E-state index in [1.54, 1.807) is 20.2 Å². The van der Waals surface area contributed by atoms with Gasteiger partial charge >= 0.3 is 26.4 Å². The van der Waals surface area contributed by atoms with Crippen LogP contribution in [-0.4, -0.2) is 73.0 Å². The highest BCUT2D eigenvalue weighted by Crippen LogP contribution is 2.30. The van der Waals surface area contributed by atoms with Crippen molar-refractivity contribution in [1.29, 1.82) is 0 Å². The van der Waals surface area contributed by atoms with Crippen LogP contribution in [0.25, 0.3) is 0 Å². The summed E-state index contributed by atoms with van der Waals surface area (Å²) in [5, 5.41) is 1.02. The average Bonchev–Trinajstić information content (AvgIpc) is 2.76. The van der Waals surface area contributed by atoms with Gasteiger partial charge in [-0.05, 0) is 37.4 Å². The van der Waals surface area contributed by atoms with Crippen LogP contribution in [0.4, 0.5) is 0 Å². The van der Waals surface area contributed by atoms with Gasteiger partial charge in [-0.25, -0.2) is 0 Å². The largest absolute Gasteiger partial charge is 0.667 e. The summed E-state index contributed by atoms with van der Waals surface area (Å²) in [6.45, 7) is 11.7. The summed E-state index contributed by atoms with van der Waals surface area (Å²) in [5.74, 6) is 0. The van der Waals surface area contributed by atoms with Gasteiger partial charge in [0.1, 0.15) is 0 Å². The Labute approximate surface area is 205 Å². The van der Waals surface area contributed by atoms with Gasteiger partial charge in [0.05, 0.1) is 0 Å². The molecule has 3 unspecified atom stereocenters. The van der Waals surface area contributed by atoms with Crippen LogP contribution in [0.1, 0.15) is 32.6 Å². The molecule has 33 heavy (non-hydrogen) atoms. The second kappa shape index (κ2) is 12.8. The Kier molecular flexibility index (Phi) is 12.0. The van der Waals surface area contributed by atoms with Gasteiger partial charge in [0, 0.05) is 27.9 Å². The fourth-order valence-corrected chi connectivity index (χ4v) is 27.6. The van der Waals surface area contributed by atoms with E-state index in [0.29, 0.717) is 0 Å². The third-order valence-electron chi connectivity index (χ3n) is 5.95. The van der Waals surface area contributed by atoms with E-state index < -0.39 is 42.1 Å². The zero-order chi connectivity index (χ0) is 25.4. The highest BCUT2D eigenvalue weighted by Gasteiger charge is 2.58. The van der Waals surface area contributed by atoms with Crippen LogP contribution >= 0.6 is 0 Å². The molecule has 0 saturated heterocycles. The molecule has 0 fully saturated rings. The van der Waals surface area contributed by atoms with E-state index in [-0.39, 0.29) is 0 Å². The van der Waals surface area contributed by atoms with Gasteiger partial charge in [0.2, 0.25) is 15.7 Å². The van der Waals surface area contributed by atoms with Crippen molar-refractivity contribution in [1.82, 2.24) is 0 Å². The van der Waals surface area contributed by atoms with Crippen molar-refractivity contribution in [3.63, 3.8) is 0 Å². The molecule has 0 aliphatic rings. The van der Waals surface area contributed by atoms with Crippen LogP contribution < -0.4 is 5.19 Å². The van der Waals surface area contributed by atoms with Crippen molar-refractivity contribution in [3.8, 4) is 0 Å². The van der Waals surface area contributed by atoms with E-state index in [1.165, 1.54) is 14.2 Å². The molecule has 0 aliphatic carbocycles. The van der Waals surface area contributed by atoms with Gasteiger partial charge in [0.25, 0.3) is 0 Å². The van der Waals surface area contributed by atoms with Gasteiger partial charge in [0.15, 0.2) is 0 Å². The lowest BCUT2D eigenvalue weighted by atomic mass is 10.2. The third kappa shape index (κ3) is 8.86. The molecule has 1 rings (SSSR count). The Morgan fingerprint density at radius 3 is 1.79 bits per heavy atom. The minimum absolute atomic E-state index is 0.760. The second-order valence-corrected chi connectivity index (χ2v) is 30.2. The van der Waals surface area contributed by atoms with Gasteiger partial charge in [-0.15, -0.1) is 0 Å². The number of unbranched alkanes of at least 4 members (excludes halogenated alkanes) is 3. The lowest BCUT2D eigenvalue weighted by Gasteiger charge is -2.45. The molecule has 0 radical (unpaired) electrons. The zero-order valence-electron chi connectivity index (χ0n) is 21.8. The van der Waals surface area contributed by atoms with E-state index in [4.69, 9.17) is 25.6 Å². The number of rotatable bonds is 16. The Morgan fingerprint density at radius 2 is 1.30 bits per heavy atom. The molecule has 13 heteroatoms. The molecule has 0 aliphatic heterocycles. The number of hydrogen-bond acceptors (Lipinski definition) is 8. The predicted octanol–water partition coefficient (Wildman–Crippen LogP) is 3.38.